The molecule has 0 aliphatic carbocycles. The van der Waals surface area contributed by atoms with E-state index in [0.29, 0.717) is 4.99 Å². The minimum absolute atomic E-state index is 0.403. The maximum absolute atomic E-state index is 5.66. The zero-order valence-electron chi connectivity index (χ0n) is 9.45. The standard InChI is InChI=1S/C11H17N3S/c1-4-7-14(3)11-9(10(12)15)6-5-8(2)13-11/h5-6H,4,7H2,1-3H3,(H2,12,15). The molecule has 1 heterocycles. The first-order valence-electron chi connectivity index (χ1n) is 5.04. The van der Waals surface area contributed by atoms with Gasteiger partial charge in [-0.1, -0.05) is 19.1 Å². The van der Waals surface area contributed by atoms with E-state index in [9.17, 15) is 0 Å². The molecule has 0 saturated heterocycles. The number of aryl methyl sites for hydroxylation is 1. The van der Waals surface area contributed by atoms with Crippen LogP contribution in [0.5, 0.6) is 0 Å². The van der Waals surface area contributed by atoms with Crippen molar-refractivity contribution in [3.8, 4) is 0 Å². The van der Waals surface area contributed by atoms with Crippen molar-refractivity contribution in [1.82, 2.24) is 4.98 Å². The molecule has 0 unspecified atom stereocenters. The van der Waals surface area contributed by atoms with Crippen LogP contribution in [0.15, 0.2) is 12.1 Å². The molecular formula is C11H17N3S. The van der Waals surface area contributed by atoms with Gasteiger partial charge in [-0.2, -0.15) is 0 Å². The molecule has 82 valence electrons. The summed E-state index contributed by atoms with van der Waals surface area (Å²) in [7, 11) is 2.01. The lowest BCUT2D eigenvalue weighted by atomic mass is 10.2. The molecule has 0 radical (unpaired) electrons. The van der Waals surface area contributed by atoms with Crippen LogP contribution >= 0.6 is 12.2 Å². The Morgan fingerprint density at radius 3 is 2.73 bits per heavy atom. The van der Waals surface area contributed by atoms with Crippen molar-refractivity contribution >= 4 is 23.0 Å². The average molecular weight is 223 g/mol. The van der Waals surface area contributed by atoms with Crippen molar-refractivity contribution < 1.29 is 0 Å². The molecule has 1 aromatic rings. The number of anilines is 1. The third kappa shape index (κ3) is 2.89. The Labute approximate surface area is 96.3 Å². The molecule has 0 aliphatic rings. The zero-order chi connectivity index (χ0) is 11.4. The van der Waals surface area contributed by atoms with E-state index in [-0.39, 0.29) is 0 Å². The molecule has 15 heavy (non-hydrogen) atoms. The molecule has 0 atom stereocenters. The molecule has 0 bridgehead atoms. The lowest BCUT2D eigenvalue weighted by Crippen LogP contribution is -2.24. The number of pyridine rings is 1. The molecule has 0 saturated carbocycles. The molecule has 2 N–H and O–H groups in total. The fourth-order valence-electron chi connectivity index (χ4n) is 1.47. The third-order valence-electron chi connectivity index (χ3n) is 2.20. The lowest BCUT2D eigenvalue weighted by Gasteiger charge is -2.20. The summed E-state index contributed by atoms with van der Waals surface area (Å²) in [5.74, 6) is 0.879. The molecule has 0 aromatic carbocycles. The van der Waals surface area contributed by atoms with Gasteiger partial charge in [-0.3, -0.25) is 0 Å². The van der Waals surface area contributed by atoms with Gasteiger partial charge in [-0.15, -0.1) is 0 Å². The van der Waals surface area contributed by atoms with Gasteiger partial charge in [0.2, 0.25) is 0 Å². The summed E-state index contributed by atoms with van der Waals surface area (Å²) in [6.45, 7) is 5.05. The van der Waals surface area contributed by atoms with Crippen molar-refractivity contribution in [2.24, 2.45) is 5.73 Å². The summed E-state index contributed by atoms with van der Waals surface area (Å²) < 4.78 is 0. The highest BCUT2D eigenvalue weighted by atomic mass is 32.1. The van der Waals surface area contributed by atoms with Crippen molar-refractivity contribution in [2.45, 2.75) is 20.3 Å². The predicted octanol–water partition coefficient (Wildman–Crippen LogP) is 1.87. The molecule has 0 amide bonds. The Morgan fingerprint density at radius 1 is 1.53 bits per heavy atom. The third-order valence-corrected chi connectivity index (χ3v) is 2.42. The second-order valence-corrected chi connectivity index (χ2v) is 4.05. The van der Waals surface area contributed by atoms with Crippen LogP contribution in [0.4, 0.5) is 5.82 Å². The topological polar surface area (TPSA) is 42.2 Å². The van der Waals surface area contributed by atoms with E-state index in [1.54, 1.807) is 0 Å². The molecule has 1 rings (SSSR count). The Balaban J connectivity index is 3.12. The minimum atomic E-state index is 0.403. The summed E-state index contributed by atoms with van der Waals surface area (Å²) in [5, 5.41) is 0. The van der Waals surface area contributed by atoms with Crippen LogP contribution in [-0.2, 0) is 0 Å². The Hall–Kier alpha value is -1.16. The van der Waals surface area contributed by atoms with Crippen LogP contribution in [0.25, 0.3) is 0 Å². The van der Waals surface area contributed by atoms with Crippen molar-refractivity contribution in [1.29, 1.82) is 0 Å². The van der Waals surface area contributed by atoms with Crippen LogP contribution in [0.3, 0.4) is 0 Å². The highest BCUT2D eigenvalue weighted by Crippen LogP contribution is 2.17. The SMILES string of the molecule is CCCN(C)c1nc(C)ccc1C(N)=S. The van der Waals surface area contributed by atoms with Gasteiger partial charge in [0.25, 0.3) is 0 Å². The predicted molar refractivity (Wildman–Crippen MR) is 68.4 cm³/mol. The van der Waals surface area contributed by atoms with Gasteiger partial charge in [0.05, 0.1) is 5.56 Å². The second-order valence-electron chi connectivity index (χ2n) is 3.61. The van der Waals surface area contributed by atoms with E-state index < -0.39 is 0 Å². The first-order chi connectivity index (χ1) is 7.06. The Morgan fingerprint density at radius 2 is 2.20 bits per heavy atom. The van der Waals surface area contributed by atoms with E-state index in [2.05, 4.69) is 16.8 Å². The molecule has 3 nitrogen and oxygen atoms in total. The Kier molecular flexibility index (Phi) is 4.03. The smallest absolute Gasteiger partial charge is 0.138 e. The maximum Gasteiger partial charge on any atom is 0.138 e. The van der Waals surface area contributed by atoms with Crippen molar-refractivity contribution in [3.05, 3.63) is 23.4 Å². The number of thiocarbonyl (C=S) groups is 1. The largest absolute Gasteiger partial charge is 0.389 e. The number of hydrogen-bond donors (Lipinski definition) is 1. The summed E-state index contributed by atoms with van der Waals surface area (Å²) in [5.41, 5.74) is 7.50. The van der Waals surface area contributed by atoms with Gasteiger partial charge < -0.3 is 10.6 Å². The molecule has 1 aromatic heterocycles. The summed E-state index contributed by atoms with van der Waals surface area (Å²) in [6.07, 6.45) is 1.07. The van der Waals surface area contributed by atoms with E-state index in [1.807, 2.05) is 26.1 Å². The monoisotopic (exact) mass is 223 g/mol. The number of nitrogens with zero attached hydrogens (tertiary/aromatic N) is 2. The Bertz CT molecular complexity index is 363. The van der Waals surface area contributed by atoms with Crippen LogP contribution in [0.1, 0.15) is 24.6 Å². The molecule has 0 fully saturated rings. The van der Waals surface area contributed by atoms with Crippen LogP contribution < -0.4 is 10.6 Å². The normalized spacial score (nSPS) is 10.1. The molecular weight excluding hydrogens is 206 g/mol. The highest BCUT2D eigenvalue weighted by molar-refractivity contribution is 7.80. The van der Waals surface area contributed by atoms with E-state index in [0.717, 1.165) is 30.0 Å². The molecule has 0 spiro atoms. The number of aromatic nitrogens is 1. The van der Waals surface area contributed by atoms with Gasteiger partial charge in [-0.05, 0) is 25.5 Å². The van der Waals surface area contributed by atoms with Gasteiger partial charge in [0.1, 0.15) is 10.8 Å². The van der Waals surface area contributed by atoms with Crippen molar-refractivity contribution in [2.75, 3.05) is 18.5 Å². The van der Waals surface area contributed by atoms with Gasteiger partial charge in [0, 0.05) is 19.3 Å². The quantitative estimate of drug-likeness (QED) is 0.791. The van der Waals surface area contributed by atoms with Gasteiger partial charge in [-0.25, -0.2) is 4.98 Å². The number of nitrogens with two attached hydrogens (primary N) is 1. The van der Waals surface area contributed by atoms with Crippen molar-refractivity contribution in [3.63, 3.8) is 0 Å². The zero-order valence-corrected chi connectivity index (χ0v) is 10.3. The molecule has 0 aliphatic heterocycles. The van der Waals surface area contributed by atoms with Gasteiger partial charge in [0.15, 0.2) is 0 Å². The first-order valence-corrected chi connectivity index (χ1v) is 5.45. The number of rotatable bonds is 4. The van der Waals surface area contributed by atoms with E-state index >= 15 is 0 Å². The van der Waals surface area contributed by atoms with Gasteiger partial charge >= 0.3 is 0 Å². The second kappa shape index (κ2) is 5.07. The minimum Gasteiger partial charge on any atom is -0.389 e. The first kappa shape index (κ1) is 11.9. The number of hydrogen-bond acceptors (Lipinski definition) is 3. The fraction of sp³-hybridized carbons (Fsp3) is 0.455. The highest BCUT2D eigenvalue weighted by Gasteiger charge is 2.10. The van der Waals surface area contributed by atoms with Crippen LogP contribution in [-0.4, -0.2) is 23.6 Å². The lowest BCUT2D eigenvalue weighted by molar-refractivity contribution is 0.834. The average Bonchev–Trinajstić information content (AvgIpc) is 2.17. The maximum atomic E-state index is 5.66. The summed E-state index contributed by atoms with van der Waals surface area (Å²) in [4.78, 5) is 6.96. The van der Waals surface area contributed by atoms with E-state index in [1.165, 1.54) is 0 Å². The summed E-state index contributed by atoms with van der Waals surface area (Å²) >= 11 is 5.01. The van der Waals surface area contributed by atoms with E-state index in [4.69, 9.17) is 18.0 Å². The molecule has 4 heteroatoms. The van der Waals surface area contributed by atoms with Crippen LogP contribution in [0, 0.1) is 6.92 Å². The fourth-order valence-corrected chi connectivity index (χ4v) is 1.63. The summed E-state index contributed by atoms with van der Waals surface area (Å²) in [6, 6.07) is 3.87. The van der Waals surface area contributed by atoms with Crippen LogP contribution in [0.2, 0.25) is 0 Å².